The lowest BCUT2D eigenvalue weighted by Gasteiger charge is -2.17. The van der Waals surface area contributed by atoms with Gasteiger partial charge in [-0.1, -0.05) is 36.4 Å². The van der Waals surface area contributed by atoms with Crippen molar-refractivity contribution in [1.82, 2.24) is 4.98 Å². The SMILES string of the molecule is COc1ccc(-c2ncccc2CCc2ccccc2)cc1OC1CCCC1. The number of benzene rings is 2. The van der Waals surface area contributed by atoms with Crippen LogP contribution in [-0.2, 0) is 12.8 Å². The second-order valence-corrected chi connectivity index (χ2v) is 7.39. The van der Waals surface area contributed by atoms with Crippen LogP contribution in [0.25, 0.3) is 11.3 Å². The van der Waals surface area contributed by atoms with Crippen LogP contribution in [0.4, 0.5) is 0 Å². The molecule has 0 bridgehead atoms. The van der Waals surface area contributed by atoms with E-state index in [1.807, 2.05) is 18.3 Å². The summed E-state index contributed by atoms with van der Waals surface area (Å²) in [5, 5.41) is 0. The summed E-state index contributed by atoms with van der Waals surface area (Å²) in [7, 11) is 1.70. The lowest BCUT2D eigenvalue weighted by atomic mass is 9.99. The molecule has 144 valence electrons. The quantitative estimate of drug-likeness (QED) is 0.519. The fourth-order valence-corrected chi connectivity index (χ4v) is 3.93. The minimum Gasteiger partial charge on any atom is -0.493 e. The van der Waals surface area contributed by atoms with Crippen molar-refractivity contribution in [2.45, 2.75) is 44.6 Å². The molecule has 0 atom stereocenters. The zero-order valence-corrected chi connectivity index (χ0v) is 16.4. The molecule has 0 spiro atoms. The number of hydrogen-bond acceptors (Lipinski definition) is 3. The molecule has 2 aromatic carbocycles. The molecule has 3 nitrogen and oxygen atoms in total. The molecule has 0 radical (unpaired) electrons. The molecule has 1 aliphatic rings. The molecule has 1 aromatic heterocycles. The summed E-state index contributed by atoms with van der Waals surface area (Å²) in [5.74, 6) is 1.61. The van der Waals surface area contributed by atoms with Gasteiger partial charge in [-0.2, -0.15) is 0 Å². The lowest BCUT2D eigenvalue weighted by molar-refractivity contribution is 0.201. The average molecular weight is 373 g/mol. The second kappa shape index (κ2) is 8.92. The van der Waals surface area contributed by atoms with Crippen molar-refractivity contribution in [3.8, 4) is 22.8 Å². The van der Waals surface area contributed by atoms with Gasteiger partial charge in [0.1, 0.15) is 0 Å². The van der Waals surface area contributed by atoms with E-state index in [9.17, 15) is 0 Å². The van der Waals surface area contributed by atoms with Crippen LogP contribution in [0, 0.1) is 0 Å². The highest BCUT2D eigenvalue weighted by Crippen LogP contribution is 2.36. The van der Waals surface area contributed by atoms with Gasteiger partial charge in [-0.15, -0.1) is 0 Å². The summed E-state index contributed by atoms with van der Waals surface area (Å²) in [6.45, 7) is 0. The Bertz CT molecular complexity index is 901. The van der Waals surface area contributed by atoms with Crippen molar-refractivity contribution in [2.75, 3.05) is 7.11 Å². The molecule has 3 heteroatoms. The molecule has 1 saturated carbocycles. The van der Waals surface area contributed by atoms with E-state index in [1.54, 1.807) is 7.11 Å². The van der Waals surface area contributed by atoms with Gasteiger partial charge in [0.15, 0.2) is 11.5 Å². The van der Waals surface area contributed by atoms with Crippen molar-refractivity contribution >= 4 is 0 Å². The highest BCUT2D eigenvalue weighted by Gasteiger charge is 2.19. The smallest absolute Gasteiger partial charge is 0.162 e. The first-order chi connectivity index (χ1) is 13.8. The lowest BCUT2D eigenvalue weighted by Crippen LogP contribution is -2.11. The number of nitrogens with zero attached hydrogens (tertiary/aromatic N) is 1. The predicted molar refractivity (Wildman–Crippen MR) is 113 cm³/mol. The summed E-state index contributed by atoms with van der Waals surface area (Å²) in [6.07, 6.45) is 8.86. The third-order valence-corrected chi connectivity index (χ3v) is 5.45. The fourth-order valence-electron chi connectivity index (χ4n) is 3.93. The Morgan fingerprint density at radius 2 is 1.71 bits per heavy atom. The first kappa shape index (κ1) is 18.5. The van der Waals surface area contributed by atoms with E-state index in [4.69, 9.17) is 14.5 Å². The predicted octanol–water partition coefficient (Wildman–Crippen LogP) is 5.86. The summed E-state index contributed by atoms with van der Waals surface area (Å²) < 4.78 is 11.8. The number of aryl methyl sites for hydroxylation is 2. The second-order valence-electron chi connectivity index (χ2n) is 7.39. The zero-order chi connectivity index (χ0) is 19.2. The Labute approximate surface area is 167 Å². The van der Waals surface area contributed by atoms with Gasteiger partial charge in [0, 0.05) is 11.8 Å². The Hall–Kier alpha value is -2.81. The van der Waals surface area contributed by atoms with Crippen molar-refractivity contribution in [1.29, 1.82) is 0 Å². The Morgan fingerprint density at radius 3 is 2.50 bits per heavy atom. The summed E-state index contributed by atoms with van der Waals surface area (Å²) >= 11 is 0. The number of hydrogen-bond donors (Lipinski definition) is 0. The molecule has 0 amide bonds. The van der Waals surface area contributed by atoms with Crippen LogP contribution in [0.2, 0.25) is 0 Å². The molecule has 1 heterocycles. The average Bonchev–Trinajstić information content (AvgIpc) is 3.26. The highest BCUT2D eigenvalue weighted by atomic mass is 16.5. The summed E-state index contributed by atoms with van der Waals surface area (Å²) in [5.41, 5.74) is 4.70. The van der Waals surface area contributed by atoms with Gasteiger partial charge in [-0.05, 0) is 73.9 Å². The van der Waals surface area contributed by atoms with Gasteiger partial charge in [-0.25, -0.2) is 0 Å². The van der Waals surface area contributed by atoms with Crippen LogP contribution >= 0.6 is 0 Å². The van der Waals surface area contributed by atoms with E-state index < -0.39 is 0 Å². The van der Waals surface area contributed by atoms with Crippen LogP contribution in [0.5, 0.6) is 11.5 Å². The maximum absolute atomic E-state index is 6.28. The molecular formula is C25H27NO2. The van der Waals surface area contributed by atoms with Gasteiger partial charge in [-0.3, -0.25) is 4.98 Å². The van der Waals surface area contributed by atoms with Crippen LogP contribution in [0.15, 0.2) is 66.9 Å². The van der Waals surface area contributed by atoms with E-state index >= 15 is 0 Å². The monoisotopic (exact) mass is 373 g/mol. The van der Waals surface area contributed by atoms with E-state index in [2.05, 4.69) is 48.5 Å². The highest BCUT2D eigenvalue weighted by molar-refractivity contribution is 5.67. The first-order valence-corrected chi connectivity index (χ1v) is 10.2. The van der Waals surface area contributed by atoms with Gasteiger partial charge >= 0.3 is 0 Å². The Morgan fingerprint density at radius 1 is 0.893 bits per heavy atom. The van der Waals surface area contributed by atoms with Crippen molar-refractivity contribution in [2.24, 2.45) is 0 Å². The summed E-state index contributed by atoms with van der Waals surface area (Å²) in [4.78, 5) is 4.69. The van der Waals surface area contributed by atoms with E-state index in [0.717, 1.165) is 48.4 Å². The van der Waals surface area contributed by atoms with Crippen molar-refractivity contribution < 1.29 is 9.47 Å². The minimum atomic E-state index is 0.297. The van der Waals surface area contributed by atoms with Gasteiger partial charge in [0.05, 0.1) is 18.9 Å². The molecule has 0 aliphatic heterocycles. The molecule has 0 N–H and O–H groups in total. The number of ether oxygens (including phenoxy) is 2. The van der Waals surface area contributed by atoms with Crippen LogP contribution in [-0.4, -0.2) is 18.2 Å². The van der Waals surface area contributed by atoms with Crippen molar-refractivity contribution in [3.63, 3.8) is 0 Å². The maximum Gasteiger partial charge on any atom is 0.162 e. The first-order valence-electron chi connectivity index (χ1n) is 10.2. The van der Waals surface area contributed by atoms with E-state index in [0.29, 0.717) is 6.10 Å². The third-order valence-electron chi connectivity index (χ3n) is 5.45. The molecule has 1 aliphatic carbocycles. The molecular weight excluding hydrogens is 346 g/mol. The van der Waals surface area contributed by atoms with Gasteiger partial charge < -0.3 is 9.47 Å². The molecule has 0 saturated heterocycles. The van der Waals surface area contributed by atoms with Gasteiger partial charge in [0.25, 0.3) is 0 Å². The molecule has 0 unspecified atom stereocenters. The molecule has 3 aromatic rings. The largest absolute Gasteiger partial charge is 0.493 e. The van der Waals surface area contributed by atoms with Gasteiger partial charge in [0.2, 0.25) is 0 Å². The van der Waals surface area contributed by atoms with Crippen LogP contribution in [0.1, 0.15) is 36.8 Å². The molecule has 28 heavy (non-hydrogen) atoms. The fraction of sp³-hybridized carbons (Fsp3) is 0.320. The van der Waals surface area contributed by atoms with E-state index in [-0.39, 0.29) is 0 Å². The molecule has 1 fully saturated rings. The van der Waals surface area contributed by atoms with Crippen LogP contribution < -0.4 is 9.47 Å². The van der Waals surface area contributed by atoms with Crippen LogP contribution in [0.3, 0.4) is 0 Å². The topological polar surface area (TPSA) is 31.4 Å². The molecule has 4 rings (SSSR count). The number of methoxy groups -OCH3 is 1. The van der Waals surface area contributed by atoms with E-state index in [1.165, 1.54) is 24.0 Å². The maximum atomic E-state index is 6.28. The standard InChI is InChI=1S/C25H27NO2/c1-27-23-16-15-21(18-24(23)28-22-11-5-6-12-22)25-20(10-7-17-26-25)14-13-19-8-3-2-4-9-19/h2-4,7-10,15-18,22H,5-6,11-14H2,1H3. The Kier molecular flexibility index (Phi) is 5.91. The number of rotatable bonds is 7. The number of aromatic nitrogens is 1. The third kappa shape index (κ3) is 4.36. The Balaban J connectivity index is 1.59. The summed E-state index contributed by atoms with van der Waals surface area (Å²) in [6, 6.07) is 21.0. The number of pyridine rings is 1. The normalized spacial score (nSPS) is 14.2. The van der Waals surface area contributed by atoms with Crippen molar-refractivity contribution in [3.05, 3.63) is 78.0 Å². The zero-order valence-electron chi connectivity index (χ0n) is 16.4. The minimum absolute atomic E-state index is 0.297.